The summed E-state index contributed by atoms with van der Waals surface area (Å²) in [6.45, 7) is 2.27. The lowest BCUT2D eigenvalue weighted by atomic mass is 10.1. The SMILES string of the molecule is CNc1nc(Nc2ccc(N3C[C@H]4C[C@@H]3CN4C)cc2)cnc1-c1cncc2c1ncn2C. The van der Waals surface area contributed by atoms with Gasteiger partial charge in [0.1, 0.15) is 11.2 Å². The smallest absolute Gasteiger partial charge is 0.154 e. The molecule has 2 atom stereocenters. The largest absolute Gasteiger partial charge is 0.371 e. The zero-order valence-corrected chi connectivity index (χ0v) is 19.0. The highest BCUT2D eigenvalue weighted by molar-refractivity contribution is 5.93. The number of hydrogen-bond acceptors (Lipinski definition) is 8. The molecular formula is C24H27N9. The minimum atomic E-state index is 0.633. The molecule has 0 aliphatic carbocycles. The summed E-state index contributed by atoms with van der Waals surface area (Å²) in [7, 11) is 6.03. The first kappa shape index (κ1) is 19.9. The van der Waals surface area contributed by atoms with Crippen LogP contribution in [0.15, 0.2) is 49.2 Å². The fraction of sp³-hybridized carbons (Fsp3) is 0.333. The second-order valence-electron chi connectivity index (χ2n) is 8.92. The van der Waals surface area contributed by atoms with Crippen molar-refractivity contribution in [2.24, 2.45) is 7.05 Å². The number of rotatable bonds is 5. The summed E-state index contributed by atoms with van der Waals surface area (Å²) in [5.41, 5.74) is 5.66. The molecule has 33 heavy (non-hydrogen) atoms. The standard InChI is InChI=1S/C24H27N9/c1-25-24-23(19-9-26-10-20-22(19)28-14-32(20)3)27-11-21(30-24)29-15-4-6-16(7-5-15)33-13-17-8-18(33)12-31(17)2/h4-7,9-11,14,17-18H,8,12-13H2,1-3H3,(H2,25,29,30)/t17-,18-/m1/s1. The molecule has 1 aromatic carbocycles. The lowest BCUT2D eigenvalue weighted by Crippen LogP contribution is -2.44. The lowest BCUT2D eigenvalue weighted by molar-refractivity contribution is 0.292. The van der Waals surface area contributed by atoms with Crippen molar-refractivity contribution in [3.8, 4) is 11.3 Å². The first-order valence-corrected chi connectivity index (χ1v) is 11.2. The first-order chi connectivity index (χ1) is 16.1. The number of likely N-dealkylation sites (N-methyl/N-ethyl adjacent to an activating group) is 1. The van der Waals surface area contributed by atoms with Crippen LogP contribution in [0.25, 0.3) is 22.3 Å². The van der Waals surface area contributed by atoms with E-state index < -0.39 is 0 Å². The zero-order valence-electron chi connectivity index (χ0n) is 19.0. The Hall–Kier alpha value is -3.72. The molecular weight excluding hydrogens is 414 g/mol. The highest BCUT2D eigenvalue weighted by Crippen LogP contribution is 2.34. The maximum absolute atomic E-state index is 4.75. The molecule has 2 N–H and O–H groups in total. The van der Waals surface area contributed by atoms with Gasteiger partial charge in [0.25, 0.3) is 0 Å². The Balaban J connectivity index is 1.24. The maximum Gasteiger partial charge on any atom is 0.154 e. The number of fused-ring (bicyclic) bond motifs is 3. The van der Waals surface area contributed by atoms with Gasteiger partial charge in [0.05, 0.1) is 29.8 Å². The van der Waals surface area contributed by atoms with Gasteiger partial charge in [-0.3, -0.25) is 9.88 Å². The molecule has 9 nitrogen and oxygen atoms in total. The molecule has 6 rings (SSSR count). The fourth-order valence-corrected chi connectivity index (χ4v) is 5.10. The summed E-state index contributed by atoms with van der Waals surface area (Å²) in [6, 6.07) is 9.92. The van der Waals surface area contributed by atoms with E-state index in [0.717, 1.165) is 41.1 Å². The minimum Gasteiger partial charge on any atom is -0.371 e. The van der Waals surface area contributed by atoms with Crippen molar-refractivity contribution < 1.29 is 0 Å². The summed E-state index contributed by atoms with van der Waals surface area (Å²) in [5, 5.41) is 6.55. The number of benzene rings is 1. The second-order valence-corrected chi connectivity index (χ2v) is 8.92. The van der Waals surface area contributed by atoms with Crippen LogP contribution >= 0.6 is 0 Å². The maximum atomic E-state index is 4.75. The summed E-state index contributed by atoms with van der Waals surface area (Å²) in [5.74, 6) is 1.35. The average Bonchev–Trinajstić information content (AvgIpc) is 3.53. The van der Waals surface area contributed by atoms with E-state index in [1.54, 1.807) is 18.7 Å². The number of nitrogens with zero attached hydrogens (tertiary/aromatic N) is 7. The highest BCUT2D eigenvalue weighted by atomic mass is 15.3. The van der Waals surface area contributed by atoms with E-state index in [1.165, 1.54) is 12.1 Å². The molecule has 2 fully saturated rings. The van der Waals surface area contributed by atoms with E-state index in [-0.39, 0.29) is 0 Å². The van der Waals surface area contributed by atoms with Crippen molar-refractivity contribution in [3.63, 3.8) is 0 Å². The Morgan fingerprint density at radius 3 is 2.55 bits per heavy atom. The van der Waals surface area contributed by atoms with Crippen molar-refractivity contribution in [1.29, 1.82) is 0 Å². The van der Waals surface area contributed by atoms with E-state index in [2.05, 4.69) is 61.7 Å². The molecule has 2 bridgehead atoms. The molecule has 2 aliphatic heterocycles. The Kier molecular flexibility index (Phi) is 4.65. The number of likely N-dealkylation sites (tertiary alicyclic amines) is 1. The summed E-state index contributed by atoms with van der Waals surface area (Å²) in [6.07, 6.45) is 8.40. The van der Waals surface area contributed by atoms with Gasteiger partial charge in [-0.1, -0.05) is 0 Å². The van der Waals surface area contributed by atoms with E-state index in [0.29, 0.717) is 23.7 Å². The number of hydrogen-bond donors (Lipinski definition) is 2. The van der Waals surface area contributed by atoms with Gasteiger partial charge >= 0.3 is 0 Å². The molecule has 0 saturated carbocycles. The molecule has 5 heterocycles. The van der Waals surface area contributed by atoms with Crippen molar-refractivity contribution in [2.75, 3.05) is 42.7 Å². The molecule has 3 aromatic heterocycles. The van der Waals surface area contributed by atoms with Crippen LogP contribution in [-0.4, -0.2) is 68.7 Å². The van der Waals surface area contributed by atoms with E-state index in [9.17, 15) is 0 Å². The van der Waals surface area contributed by atoms with Crippen LogP contribution in [0.1, 0.15) is 6.42 Å². The number of anilines is 4. The van der Waals surface area contributed by atoms with Gasteiger partial charge in [-0.2, -0.15) is 0 Å². The summed E-state index contributed by atoms with van der Waals surface area (Å²) in [4.78, 5) is 23.4. The molecule has 0 unspecified atom stereocenters. The van der Waals surface area contributed by atoms with Crippen LogP contribution in [0.5, 0.6) is 0 Å². The quantitative estimate of drug-likeness (QED) is 0.489. The monoisotopic (exact) mass is 441 g/mol. The van der Waals surface area contributed by atoms with Crippen molar-refractivity contribution in [2.45, 2.75) is 18.5 Å². The predicted molar refractivity (Wildman–Crippen MR) is 131 cm³/mol. The Morgan fingerprint density at radius 2 is 1.82 bits per heavy atom. The number of piperazine rings is 1. The average molecular weight is 442 g/mol. The van der Waals surface area contributed by atoms with Gasteiger partial charge in [-0.05, 0) is 37.7 Å². The van der Waals surface area contributed by atoms with Crippen LogP contribution < -0.4 is 15.5 Å². The van der Waals surface area contributed by atoms with Gasteiger partial charge in [-0.25, -0.2) is 15.0 Å². The molecule has 0 spiro atoms. The third-order valence-corrected chi connectivity index (χ3v) is 6.89. The number of imidazole rings is 1. The number of nitrogens with one attached hydrogen (secondary N) is 2. The molecule has 0 radical (unpaired) electrons. The van der Waals surface area contributed by atoms with Gasteiger partial charge in [0.15, 0.2) is 11.6 Å². The molecule has 4 aromatic rings. The fourth-order valence-electron chi connectivity index (χ4n) is 5.10. The van der Waals surface area contributed by atoms with Crippen molar-refractivity contribution >= 4 is 34.0 Å². The molecule has 9 heteroatoms. The zero-order chi connectivity index (χ0) is 22.5. The van der Waals surface area contributed by atoms with E-state index in [1.807, 2.05) is 24.9 Å². The Bertz CT molecular complexity index is 1310. The topological polar surface area (TPSA) is 87.0 Å². The van der Waals surface area contributed by atoms with Crippen LogP contribution in [0.4, 0.5) is 23.0 Å². The summed E-state index contributed by atoms with van der Waals surface area (Å²) < 4.78 is 1.95. The van der Waals surface area contributed by atoms with Crippen LogP contribution in [0, 0.1) is 0 Å². The molecule has 0 amide bonds. The number of pyridine rings is 1. The third-order valence-electron chi connectivity index (χ3n) is 6.89. The van der Waals surface area contributed by atoms with Crippen LogP contribution in [0.2, 0.25) is 0 Å². The number of aryl methyl sites for hydroxylation is 1. The molecule has 168 valence electrons. The van der Waals surface area contributed by atoms with Gasteiger partial charge in [0.2, 0.25) is 0 Å². The highest BCUT2D eigenvalue weighted by Gasteiger charge is 2.41. The molecule has 2 saturated heterocycles. The minimum absolute atomic E-state index is 0.633. The second kappa shape index (κ2) is 7.70. The van der Waals surface area contributed by atoms with E-state index in [4.69, 9.17) is 9.97 Å². The van der Waals surface area contributed by atoms with Crippen molar-refractivity contribution in [3.05, 3.63) is 49.2 Å². The normalized spacial score (nSPS) is 20.0. The van der Waals surface area contributed by atoms with Gasteiger partial charge in [-0.15, -0.1) is 0 Å². The van der Waals surface area contributed by atoms with Crippen LogP contribution in [0.3, 0.4) is 0 Å². The molecule has 2 aliphatic rings. The predicted octanol–water partition coefficient (Wildman–Crippen LogP) is 3.10. The van der Waals surface area contributed by atoms with Gasteiger partial charge < -0.3 is 20.1 Å². The first-order valence-electron chi connectivity index (χ1n) is 11.2. The van der Waals surface area contributed by atoms with Gasteiger partial charge in [0, 0.05) is 56.8 Å². The Morgan fingerprint density at radius 1 is 0.970 bits per heavy atom. The van der Waals surface area contributed by atoms with E-state index >= 15 is 0 Å². The lowest BCUT2D eigenvalue weighted by Gasteiger charge is -2.33. The number of aromatic nitrogens is 5. The van der Waals surface area contributed by atoms with Crippen molar-refractivity contribution in [1.82, 2.24) is 29.4 Å². The summed E-state index contributed by atoms with van der Waals surface area (Å²) >= 11 is 0. The van der Waals surface area contributed by atoms with Crippen LogP contribution in [-0.2, 0) is 7.05 Å². The third kappa shape index (κ3) is 3.36. The Labute approximate surface area is 192 Å².